The number of aromatic nitrogens is 3. The van der Waals surface area contributed by atoms with Gasteiger partial charge < -0.3 is 15.2 Å². The second-order valence-corrected chi connectivity index (χ2v) is 9.07. The van der Waals surface area contributed by atoms with E-state index in [9.17, 15) is 9.59 Å². The largest absolute Gasteiger partial charge is 0.342 e. The highest BCUT2D eigenvalue weighted by atomic mass is 79.9. The third-order valence-electron chi connectivity index (χ3n) is 4.73. The molecule has 3 rings (SSSR count). The Morgan fingerprint density at radius 3 is 2.42 bits per heavy atom. The smallest absolute Gasteiger partial charge is 0.251 e. The fourth-order valence-corrected chi connectivity index (χ4v) is 4.58. The van der Waals surface area contributed by atoms with Gasteiger partial charge in [-0.25, -0.2) is 0 Å². The van der Waals surface area contributed by atoms with Crippen molar-refractivity contribution in [3.05, 3.63) is 69.5 Å². The lowest BCUT2D eigenvalue weighted by molar-refractivity contribution is -0.113. The second kappa shape index (κ2) is 10.1. The van der Waals surface area contributed by atoms with Crippen LogP contribution in [-0.2, 0) is 11.8 Å². The van der Waals surface area contributed by atoms with Crippen LogP contribution in [0.1, 0.15) is 40.3 Å². The number of thioether (sulfide) groups is 1. The molecule has 0 bridgehead atoms. The molecule has 162 valence electrons. The zero-order valence-corrected chi connectivity index (χ0v) is 20.2. The van der Waals surface area contributed by atoms with E-state index in [0.717, 1.165) is 21.3 Å². The van der Waals surface area contributed by atoms with Crippen molar-refractivity contribution in [3.8, 4) is 0 Å². The third kappa shape index (κ3) is 5.74. The maximum absolute atomic E-state index is 12.5. The van der Waals surface area contributed by atoms with Crippen LogP contribution in [-0.4, -0.2) is 32.3 Å². The van der Waals surface area contributed by atoms with Crippen LogP contribution in [0.2, 0.25) is 0 Å². The summed E-state index contributed by atoms with van der Waals surface area (Å²) in [6.45, 7) is 5.77. The van der Waals surface area contributed by atoms with Gasteiger partial charge in [-0.2, -0.15) is 0 Å². The summed E-state index contributed by atoms with van der Waals surface area (Å²) in [4.78, 5) is 24.9. The third-order valence-corrected chi connectivity index (χ3v) is 6.21. The number of benzene rings is 2. The number of anilines is 1. The molecule has 0 fully saturated rings. The van der Waals surface area contributed by atoms with E-state index in [-0.39, 0.29) is 23.6 Å². The number of nitrogens with one attached hydrogen (secondary N) is 2. The van der Waals surface area contributed by atoms with Crippen molar-refractivity contribution in [1.82, 2.24) is 20.1 Å². The molecule has 9 heteroatoms. The summed E-state index contributed by atoms with van der Waals surface area (Å²) in [6.07, 6.45) is 0. The average molecular weight is 502 g/mol. The van der Waals surface area contributed by atoms with E-state index >= 15 is 0 Å². The molecular weight excluding hydrogens is 478 g/mol. The van der Waals surface area contributed by atoms with Gasteiger partial charge in [0, 0.05) is 22.8 Å². The molecule has 7 nitrogen and oxygen atoms in total. The molecule has 1 unspecified atom stereocenters. The molecule has 2 amide bonds. The molecule has 1 heterocycles. The molecule has 0 aliphatic rings. The predicted octanol–water partition coefficient (Wildman–Crippen LogP) is 4.42. The lowest BCUT2D eigenvalue weighted by Crippen LogP contribution is -2.28. The second-order valence-electron chi connectivity index (χ2n) is 7.21. The van der Waals surface area contributed by atoms with Crippen molar-refractivity contribution in [3.63, 3.8) is 0 Å². The number of carbonyl (C=O) groups excluding carboxylic acids is 2. The van der Waals surface area contributed by atoms with Crippen molar-refractivity contribution < 1.29 is 9.59 Å². The van der Waals surface area contributed by atoms with Gasteiger partial charge in [0.25, 0.3) is 5.91 Å². The number of carbonyl (C=O) groups is 2. The summed E-state index contributed by atoms with van der Waals surface area (Å²) >= 11 is 4.76. The van der Waals surface area contributed by atoms with E-state index in [0.29, 0.717) is 16.5 Å². The molecule has 0 aliphatic heterocycles. The molecule has 1 aromatic heterocycles. The van der Waals surface area contributed by atoms with E-state index < -0.39 is 0 Å². The molecule has 31 heavy (non-hydrogen) atoms. The quantitative estimate of drug-likeness (QED) is 0.467. The molecular formula is C22H24BrN5O2S. The number of nitrogens with zero attached hydrogens (tertiary/aromatic N) is 3. The SMILES string of the molecule is Cc1cc(Br)cc(C)c1NC(=O)CSc1nnc(C(C)NC(=O)c2ccccc2)n1C. The van der Waals surface area contributed by atoms with Gasteiger partial charge in [-0.15, -0.1) is 10.2 Å². The Balaban J connectivity index is 1.60. The first-order valence-corrected chi connectivity index (χ1v) is 11.5. The van der Waals surface area contributed by atoms with Gasteiger partial charge in [0.2, 0.25) is 5.91 Å². The first kappa shape index (κ1) is 23.0. The van der Waals surface area contributed by atoms with Crippen LogP contribution in [0.4, 0.5) is 5.69 Å². The molecule has 0 saturated heterocycles. The Labute approximate surface area is 194 Å². The first-order valence-electron chi connectivity index (χ1n) is 9.71. The van der Waals surface area contributed by atoms with Gasteiger partial charge in [-0.3, -0.25) is 9.59 Å². The van der Waals surface area contributed by atoms with Crippen molar-refractivity contribution >= 4 is 45.2 Å². The van der Waals surface area contributed by atoms with E-state index in [1.54, 1.807) is 16.7 Å². The van der Waals surface area contributed by atoms with Gasteiger partial charge >= 0.3 is 0 Å². The lowest BCUT2D eigenvalue weighted by Gasteiger charge is -2.14. The number of amides is 2. The molecule has 0 saturated carbocycles. The first-order chi connectivity index (χ1) is 14.8. The zero-order valence-electron chi connectivity index (χ0n) is 17.8. The summed E-state index contributed by atoms with van der Waals surface area (Å²) in [5.41, 5.74) is 3.40. The topological polar surface area (TPSA) is 88.9 Å². The van der Waals surface area contributed by atoms with Crippen LogP contribution in [0.3, 0.4) is 0 Å². The highest BCUT2D eigenvalue weighted by molar-refractivity contribution is 9.10. The van der Waals surface area contributed by atoms with Crippen LogP contribution in [0.15, 0.2) is 52.1 Å². The number of halogens is 1. The van der Waals surface area contributed by atoms with Crippen LogP contribution in [0.5, 0.6) is 0 Å². The highest BCUT2D eigenvalue weighted by Crippen LogP contribution is 2.26. The Bertz CT molecular complexity index is 1080. The van der Waals surface area contributed by atoms with Crippen LogP contribution >= 0.6 is 27.7 Å². The normalized spacial score (nSPS) is 11.8. The molecule has 0 radical (unpaired) electrons. The van der Waals surface area contributed by atoms with E-state index in [1.807, 2.05) is 58.2 Å². The van der Waals surface area contributed by atoms with E-state index in [4.69, 9.17) is 0 Å². The highest BCUT2D eigenvalue weighted by Gasteiger charge is 2.19. The van der Waals surface area contributed by atoms with Crippen LogP contribution < -0.4 is 10.6 Å². The minimum atomic E-state index is -0.332. The molecule has 0 aliphatic carbocycles. The number of rotatable bonds is 7. The van der Waals surface area contributed by atoms with Gasteiger partial charge in [0.15, 0.2) is 11.0 Å². The predicted molar refractivity (Wildman–Crippen MR) is 126 cm³/mol. The van der Waals surface area contributed by atoms with Gasteiger partial charge in [-0.05, 0) is 56.2 Å². The Kier molecular flexibility index (Phi) is 7.50. The Morgan fingerprint density at radius 2 is 1.77 bits per heavy atom. The minimum absolute atomic E-state index is 0.117. The molecule has 0 spiro atoms. The standard InChI is InChI=1S/C22H24BrN5O2S/c1-13-10-17(23)11-14(2)19(13)25-18(29)12-31-22-27-26-20(28(22)4)15(3)24-21(30)16-8-6-5-7-9-16/h5-11,15H,12H2,1-4H3,(H,24,30)(H,25,29). The summed E-state index contributed by atoms with van der Waals surface area (Å²) < 4.78 is 2.78. The summed E-state index contributed by atoms with van der Waals surface area (Å²) in [5, 5.41) is 14.9. The van der Waals surface area contributed by atoms with Crippen LogP contribution in [0.25, 0.3) is 0 Å². The maximum Gasteiger partial charge on any atom is 0.251 e. The van der Waals surface area contributed by atoms with Crippen molar-refractivity contribution in [1.29, 1.82) is 0 Å². The number of hydrogen-bond donors (Lipinski definition) is 2. The summed E-state index contributed by atoms with van der Waals surface area (Å²) in [6, 6.07) is 12.6. The Morgan fingerprint density at radius 1 is 1.13 bits per heavy atom. The van der Waals surface area contributed by atoms with Crippen molar-refractivity contribution in [2.24, 2.45) is 7.05 Å². The maximum atomic E-state index is 12.5. The zero-order chi connectivity index (χ0) is 22.5. The molecule has 1 atom stereocenters. The van der Waals surface area contributed by atoms with Gasteiger partial charge in [0.1, 0.15) is 0 Å². The minimum Gasteiger partial charge on any atom is -0.342 e. The fourth-order valence-electron chi connectivity index (χ4n) is 3.18. The Hall–Kier alpha value is -2.65. The average Bonchev–Trinajstić information content (AvgIpc) is 3.10. The summed E-state index contributed by atoms with van der Waals surface area (Å²) in [5.74, 6) is 0.524. The van der Waals surface area contributed by atoms with E-state index in [2.05, 4.69) is 36.8 Å². The fraction of sp³-hybridized carbons (Fsp3) is 0.273. The van der Waals surface area contributed by atoms with Crippen LogP contribution in [0, 0.1) is 13.8 Å². The number of aryl methyl sites for hydroxylation is 2. The van der Waals surface area contributed by atoms with E-state index in [1.165, 1.54) is 11.8 Å². The van der Waals surface area contributed by atoms with Gasteiger partial charge in [-0.1, -0.05) is 45.9 Å². The molecule has 3 aromatic rings. The lowest BCUT2D eigenvalue weighted by atomic mass is 10.1. The molecule has 2 N–H and O–H groups in total. The van der Waals surface area contributed by atoms with Gasteiger partial charge in [0.05, 0.1) is 11.8 Å². The monoisotopic (exact) mass is 501 g/mol. The van der Waals surface area contributed by atoms with Crippen molar-refractivity contribution in [2.45, 2.75) is 32.0 Å². The molecule has 2 aromatic carbocycles. The number of hydrogen-bond acceptors (Lipinski definition) is 5. The van der Waals surface area contributed by atoms with Crippen molar-refractivity contribution in [2.75, 3.05) is 11.1 Å². The summed E-state index contributed by atoms with van der Waals surface area (Å²) in [7, 11) is 1.82.